The van der Waals surface area contributed by atoms with Crippen molar-refractivity contribution in [3.05, 3.63) is 76.2 Å². The van der Waals surface area contributed by atoms with Crippen LogP contribution in [0.3, 0.4) is 0 Å². The SMILES string of the molecule is O=C(c1ccc(=O)[nH]n1)N1CCCC1Cc1cccc2ccccc12. The van der Waals surface area contributed by atoms with Gasteiger partial charge in [0.25, 0.3) is 11.5 Å². The number of amides is 1. The van der Waals surface area contributed by atoms with Crippen molar-refractivity contribution < 1.29 is 4.79 Å². The molecule has 1 aromatic heterocycles. The number of carbonyl (C=O) groups is 1. The second kappa shape index (κ2) is 6.51. The lowest BCUT2D eigenvalue weighted by molar-refractivity contribution is 0.0729. The van der Waals surface area contributed by atoms with Gasteiger partial charge in [0.1, 0.15) is 5.69 Å². The van der Waals surface area contributed by atoms with Crippen LogP contribution in [0.1, 0.15) is 28.9 Å². The number of nitrogens with zero attached hydrogens (tertiary/aromatic N) is 2. The van der Waals surface area contributed by atoms with Gasteiger partial charge in [0, 0.05) is 18.7 Å². The molecule has 1 aliphatic rings. The van der Waals surface area contributed by atoms with Gasteiger partial charge in [0.2, 0.25) is 0 Å². The molecule has 1 N–H and O–H groups in total. The standard InChI is InChI=1S/C20H19N3O2/c24-19-11-10-18(21-22-19)20(25)23-12-4-8-16(23)13-15-7-3-6-14-5-1-2-9-17(14)15/h1-3,5-7,9-11,16H,4,8,12-13H2,(H,22,24). The van der Waals surface area contributed by atoms with Gasteiger partial charge in [0.15, 0.2) is 0 Å². The highest BCUT2D eigenvalue weighted by molar-refractivity contribution is 5.92. The second-order valence-corrected chi connectivity index (χ2v) is 6.44. The molecular weight excluding hydrogens is 314 g/mol. The summed E-state index contributed by atoms with van der Waals surface area (Å²) in [7, 11) is 0. The second-order valence-electron chi connectivity index (χ2n) is 6.44. The smallest absolute Gasteiger partial charge is 0.274 e. The first-order valence-electron chi connectivity index (χ1n) is 8.56. The Morgan fingerprint density at radius 3 is 2.80 bits per heavy atom. The molecule has 1 fully saturated rings. The maximum atomic E-state index is 12.8. The third-order valence-electron chi connectivity index (χ3n) is 4.87. The van der Waals surface area contributed by atoms with Crippen LogP contribution in [0.5, 0.6) is 0 Å². The largest absolute Gasteiger partial charge is 0.334 e. The number of H-pyrrole nitrogens is 1. The third kappa shape index (κ3) is 3.05. The first-order chi connectivity index (χ1) is 12.2. The van der Waals surface area contributed by atoms with Crippen LogP contribution in [0.15, 0.2) is 59.4 Å². The summed E-state index contributed by atoms with van der Waals surface area (Å²) in [5.41, 5.74) is 1.26. The van der Waals surface area contributed by atoms with Crippen molar-refractivity contribution in [3.8, 4) is 0 Å². The Labute approximate surface area is 145 Å². The number of nitrogens with one attached hydrogen (secondary N) is 1. The highest BCUT2D eigenvalue weighted by Gasteiger charge is 2.30. The van der Waals surface area contributed by atoms with Gasteiger partial charge in [0.05, 0.1) is 0 Å². The number of benzene rings is 2. The summed E-state index contributed by atoms with van der Waals surface area (Å²) < 4.78 is 0. The number of aromatic amines is 1. The lowest BCUT2D eigenvalue weighted by Crippen LogP contribution is -2.37. The van der Waals surface area contributed by atoms with Gasteiger partial charge in [-0.3, -0.25) is 9.59 Å². The summed E-state index contributed by atoms with van der Waals surface area (Å²) >= 11 is 0. The summed E-state index contributed by atoms with van der Waals surface area (Å²) in [6.45, 7) is 0.731. The van der Waals surface area contributed by atoms with Crippen molar-refractivity contribution in [1.82, 2.24) is 15.1 Å². The van der Waals surface area contributed by atoms with E-state index in [0.29, 0.717) is 5.69 Å². The van der Waals surface area contributed by atoms with Gasteiger partial charge in [-0.15, -0.1) is 0 Å². The van der Waals surface area contributed by atoms with Gasteiger partial charge in [-0.25, -0.2) is 5.10 Å². The van der Waals surface area contributed by atoms with Crippen molar-refractivity contribution >= 4 is 16.7 Å². The molecule has 0 aliphatic carbocycles. The maximum Gasteiger partial charge on any atom is 0.274 e. The molecule has 1 aliphatic heterocycles. The molecule has 0 spiro atoms. The van der Waals surface area contributed by atoms with E-state index in [1.807, 2.05) is 17.0 Å². The Balaban J connectivity index is 1.60. The van der Waals surface area contributed by atoms with E-state index in [9.17, 15) is 9.59 Å². The monoisotopic (exact) mass is 333 g/mol. The molecule has 126 valence electrons. The molecule has 25 heavy (non-hydrogen) atoms. The lowest BCUT2D eigenvalue weighted by atomic mass is 9.97. The van der Waals surface area contributed by atoms with Crippen LogP contribution in [-0.4, -0.2) is 33.6 Å². The number of likely N-dealkylation sites (tertiary alicyclic amines) is 1. The van der Waals surface area contributed by atoms with Gasteiger partial charge in [-0.2, -0.15) is 5.10 Å². The Bertz CT molecular complexity index is 954. The highest BCUT2D eigenvalue weighted by atomic mass is 16.2. The number of rotatable bonds is 3. The summed E-state index contributed by atoms with van der Waals surface area (Å²) in [6, 6.07) is 17.7. The minimum absolute atomic E-state index is 0.112. The molecule has 2 heterocycles. The quantitative estimate of drug-likeness (QED) is 0.801. The lowest BCUT2D eigenvalue weighted by Gasteiger charge is -2.25. The minimum atomic E-state index is -0.301. The fourth-order valence-electron chi connectivity index (χ4n) is 3.65. The van der Waals surface area contributed by atoms with Crippen molar-refractivity contribution in [1.29, 1.82) is 0 Å². The molecule has 0 radical (unpaired) electrons. The summed E-state index contributed by atoms with van der Waals surface area (Å²) in [5.74, 6) is -0.112. The average Bonchev–Trinajstić information content (AvgIpc) is 3.10. The summed E-state index contributed by atoms with van der Waals surface area (Å²) in [4.78, 5) is 25.8. The number of aromatic nitrogens is 2. The van der Waals surface area contributed by atoms with E-state index in [4.69, 9.17) is 0 Å². The van der Waals surface area contributed by atoms with Crippen LogP contribution in [0.2, 0.25) is 0 Å². The van der Waals surface area contributed by atoms with Gasteiger partial charge < -0.3 is 4.90 Å². The molecule has 5 nitrogen and oxygen atoms in total. The maximum absolute atomic E-state index is 12.8. The summed E-state index contributed by atoms with van der Waals surface area (Å²) in [6.07, 6.45) is 2.80. The molecule has 4 rings (SSSR count). The molecule has 0 bridgehead atoms. The summed E-state index contributed by atoms with van der Waals surface area (Å²) in [5, 5.41) is 8.69. The van der Waals surface area contributed by atoms with Gasteiger partial charge in [-0.05, 0) is 41.7 Å². The van der Waals surface area contributed by atoms with Crippen LogP contribution in [0.4, 0.5) is 0 Å². The predicted octanol–water partition coefficient (Wildman–Crippen LogP) is 2.77. The van der Waals surface area contributed by atoms with E-state index < -0.39 is 0 Å². The Hall–Kier alpha value is -2.95. The molecule has 3 aromatic rings. The first kappa shape index (κ1) is 15.6. The van der Waals surface area contributed by atoms with Crippen LogP contribution in [0.25, 0.3) is 10.8 Å². The Morgan fingerprint density at radius 1 is 1.12 bits per heavy atom. The molecule has 1 atom stereocenters. The van der Waals surface area contributed by atoms with Crippen molar-refractivity contribution in [3.63, 3.8) is 0 Å². The first-order valence-corrected chi connectivity index (χ1v) is 8.56. The van der Waals surface area contributed by atoms with E-state index in [0.717, 1.165) is 25.8 Å². The van der Waals surface area contributed by atoms with Crippen LogP contribution >= 0.6 is 0 Å². The number of hydrogen-bond acceptors (Lipinski definition) is 3. The molecular formula is C20H19N3O2. The Kier molecular flexibility index (Phi) is 4.06. The Morgan fingerprint density at radius 2 is 1.96 bits per heavy atom. The average molecular weight is 333 g/mol. The zero-order chi connectivity index (χ0) is 17.2. The highest BCUT2D eigenvalue weighted by Crippen LogP contribution is 2.26. The van der Waals surface area contributed by atoms with E-state index >= 15 is 0 Å². The van der Waals surface area contributed by atoms with Crippen molar-refractivity contribution in [2.75, 3.05) is 6.54 Å². The third-order valence-corrected chi connectivity index (χ3v) is 4.87. The van der Waals surface area contributed by atoms with E-state index in [-0.39, 0.29) is 17.5 Å². The van der Waals surface area contributed by atoms with Gasteiger partial charge >= 0.3 is 0 Å². The van der Waals surface area contributed by atoms with Gasteiger partial charge in [-0.1, -0.05) is 42.5 Å². The minimum Gasteiger partial charge on any atom is -0.334 e. The molecule has 5 heteroatoms. The molecule has 1 amide bonds. The predicted molar refractivity (Wildman–Crippen MR) is 96.6 cm³/mol. The molecule has 0 saturated carbocycles. The molecule has 2 aromatic carbocycles. The zero-order valence-electron chi connectivity index (χ0n) is 13.8. The molecule has 1 unspecified atom stereocenters. The van der Waals surface area contributed by atoms with Crippen LogP contribution < -0.4 is 5.56 Å². The van der Waals surface area contributed by atoms with E-state index in [2.05, 4.69) is 40.5 Å². The number of fused-ring (bicyclic) bond motifs is 1. The topological polar surface area (TPSA) is 66.1 Å². The fourth-order valence-corrected chi connectivity index (χ4v) is 3.65. The van der Waals surface area contributed by atoms with Crippen molar-refractivity contribution in [2.24, 2.45) is 0 Å². The normalized spacial score (nSPS) is 17.1. The van der Waals surface area contributed by atoms with E-state index in [1.54, 1.807) is 0 Å². The van der Waals surface area contributed by atoms with Crippen molar-refractivity contribution in [2.45, 2.75) is 25.3 Å². The molecule has 1 saturated heterocycles. The number of carbonyl (C=O) groups excluding carboxylic acids is 1. The number of hydrogen-bond donors (Lipinski definition) is 1. The zero-order valence-corrected chi connectivity index (χ0v) is 13.8. The fraction of sp³-hybridized carbons (Fsp3) is 0.250. The van der Waals surface area contributed by atoms with Crippen LogP contribution in [-0.2, 0) is 6.42 Å². The van der Waals surface area contributed by atoms with E-state index in [1.165, 1.54) is 28.5 Å². The van der Waals surface area contributed by atoms with Crippen LogP contribution in [0, 0.1) is 0 Å².